The summed E-state index contributed by atoms with van der Waals surface area (Å²) in [6.45, 7) is 3.01. The van der Waals surface area contributed by atoms with E-state index in [4.69, 9.17) is 4.74 Å². The fourth-order valence-corrected chi connectivity index (χ4v) is 3.65. The first-order chi connectivity index (χ1) is 9.93. The van der Waals surface area contributed by atoms with Gasteiger partial charge in [-0.15, -0.1) is 0 Å². The van der Waals surface area contributed by atoms with Crippen molar-refractivity contribution >= 4 is 0 Å². The highest BCUT2D eigenvalue weighted by molar-refractivity contribution is 5.32. The maximum atomic E-state index is 5.99. The van der Waals surface area contributed by atoms with Crippen molar-refractivity contribution in [3.05, 3.63) is 35.4 Å². The minimum absolute atomic E-state index is 0.624. The highest BCUT2D eigenvalue weighted by Gasteiger charge is 2.20. The van der Waals surface area contributed by atoms with E-state index in [9.17, 15) is 0 Å². The molecule has 0 saturated carbocycles. The summed E-state index contributed by atoms with van der Waals surface area (Å²) in [5.41, 5.74) is 3.08. The highest BCUT2D eigenvalue weighted by Crippen LogP contribution is 2.31. The summed E-state index contributed by atoms with van der Waals surface area (Å²) in [5.74, 6) is 0.624. The lowest BCUT2D eigenvalue weighted by Crippen LogP contribution is -2.34. The van der Waals surface area contributed by atoms with Crippen LogP contribution in [0.2, 0.25) is 0 Å². The topological polar surface area (TPSA) is 21.3 Å². The average molecular weight is 273 g/mol. The molecule has 2 nitrogen and oxygen atoms in total. The first-order valence-electron chi connectivity index (χ1n) is 8.32. The molecule has 2 unspecified atom stereocenters. The molecular weight excluding hydrogens is 246 g/mol. The molecule has 1 aromatic rings. The quantitative estimate of drug-likeness (QED) is 0.827. The molecule has 1 aliphatic heterocycles. The molecule has 1 heterocycles. The van der Waals surface area contributed by atoms with E-state index in [1.54, 1.807) is 5.56 Å². The minimum atomic E-state index is 0.624. The van der Waals surface area contributed by atoms with Gasteiger partial charge >= 0.3 is 0 Å². The molecule has 20 heavy (non-hydrogen) atoms. The molecule has 0 spiro atoms. The second kappa shape index (κ2) is 7.24. The molecular formula is C18H27NO. The van der Waals surface area contributed by atoms with Gasteiger partial charge in [0, 0.05) is 18.6 Å². The number of aryl methyl sites for hydroxylation is 1. The van der Waals surface area contributed by atoms with Crippen LogP contribution in [0.25, 0.3) is 0 Å². The Labute approximate surface area is 122 Å². The van der Waals surface area contributed by atoms with Crippen LogP contribution in [-0.4, -0.2) is 25.8 Å². The fraction of sp³-hybridized carbons (Fsp3) is 0.667. The van der Waals surface area contributed by atoms with Gasteiger partial charge in [0.1, 0.15) is 0 Å². The summed E-state index contributed by atoms with van der Waals surface area (Å²) < 4.78 is 5.99. The van der Waals surface area contributed by atoms with Crippen molar-refractivity contribution in [2.45, 2.75) is 56.9 Å². The Kier molecular flexibility index (Phi) is 5.10. The molecule has 2 heteroatoms. The Balaban J connectivity index is 1.43. The van der Waals surface area contributed by atoms with Gasteiger partial charge in [0.15, 0.2) is 0 Å². The van der Waals surface area contributed by atoms with E-state index in [0.29, 0.717) is 12.0 Å². The molecule has 2 atom stereocenters. The molecule has 1 N–H and O–H groups in total. The molecule has 0 amide bonds. The first kappa shape index (κ1) is 14.1. The van der Waals surface area contributed by atoms with Crippen LogP contribution >= 0.6 is 0 Å². The van der Waals surface area contributed by atoms with Gasteiger partial charge in [-0.05, 0) is 56.2 Å². The lowest BCUT2D eigenvalue weighted by atomic mass is 9.83. The zero-order valence-electron chi connectivity index (χ0n) is 12.4. The van der Waals surface area contributed by atoms with E-state index in [1.165, 1.54) is 57.1 Å². The van der Waals surface area contributed by atoms with Crippen LogP contribution in [0.15, 0.2) is 24.3 Å². The summed E-state index contributed by atoms with van der Waals surface area (Å²) in [4.78, 5) is 0. The third-order valence-electron chi connectivity index (χ3n) is 4.84. The van der Waals surface area contributed by atoms with Crippen LogP contribution in [0.1, 0.15) is 55.6 Å². The monoisotopic (exact) mass is 273 g/mol. The van der Waals surface area contributed by atoms with Gasteiger partial charge < -0.3 is 10.1 Å². The molecule has 1 fully saturated rings. The van der Waals surface area contributed by atoms with E-state index in [2.05, 4.69) is 29.6 Å². The van der Waals surface area contributed by atoms with E-state index in [1.807, 2.05) is 0 Å². The maximum absolute atomic E-state index is 5.99. The van der Waals surface area contributed by atoms with Crippen LogP contribution in [0.3, 0.4) is 0 Å². The number of nitrogens with one attached hydrogen (secondary N) is 1. The number of piperidine rings is 1. The van der Waals surface area contributed by atoms with Gasteiger partial charge in [-0.2, -0.15) is 0 Å². The molecule has 1 aliphatic carbocycles. The van der Waals surface area contributed by atoms with Crippen molar-refractivity contribution in [2.24, 2.45) is 0 Å². The minimum Gasteiger partial charge on any atom is -0.381 e. The lowest BCUT2D eigenvalue weighted by molar-refractivity contribution is 0.104. The Hall–Kier alpha value is -0.860. The molecule has 0 radical (unpaired) electrons. The Morgan fingerprint density at radius 2 is 2.05 bits per heavy atom. The number of fused-ring (bicyclic) bond motifs is 1. The van der Waals surface area contributed by atoms with Gasteiger partial charge in [-0.25, -0.2) is 0 Å². The van der Waals surface area contributed by atoms with Crippen molar-refractivity contribution in [1.82, 2.24) is 5.32 Å². The maximum Gasteiger partial charge on any atom is 0.0534 e. The molecule has 0 aromatic heterocycles. The lowest BCUT2D eigenvalue weighted by Gasteiger charge is -2.26. The largest absolute Gasteiger partial charge is 0.381 e. The van der Waals surface area contributed by atoms with E-state index >= 15 is 0 Å². The number of hydrogen-bond acceptors (Lipinski definition) is 2. The third-order valence-corrected chi connectivity index (χ3v) is 4.84. The molecule has 3 rings (SSSR count). The van der Waals surface area contributed by atoms with Gasteiger partial charge in [0.2, 0.25) is 0 Å². The van der Waals surface area contributed by atoms with Crippen LogP contribution in [-0.2, 0) is 11.2 Å². The second-order valence-electron chi connectivity index (χ2n) is 6.30. The van der Waals surface area contributed by atoms with Crippen LogP contribution < -0.4 is 5.32 Å². The second-order valence-corrected chi connectivity index (χ2v) is 6.30. The fourth-order valence-electron chi connectivity index (χ4n) is 3.65. The zero-order chi connectivity index (χ0) is 13.6. The number of hydrogen-bond donors (Lipinski definition) is 1. The number of ether oxygens (including phenoxy) is 1. The van der Waals surface area contributed by atoms with E-state index < -0.39 is 0 Å². The van der Waals surface area contributed by atoms with Gasteiger partial charge in [0.25, 0.3) is 0 Å². The zero-order valence-corrected chi connectivity index (χ0v) is 12.4. The summed E-state index contributed by atoms with van der Waals surface area (Å²) in [6.07, 6.45) is 9.08. The number of rotatable bonds is 5. The summed E-state index contributed by atoms with van der Waals surface area (Å²) >= 11 is 0. The standard InChI is InChI=1S/C18H27NO/c1-2-10-18-15(6-1)7-5-8-16(18)14-20-13-11-17-9-3-4-12-19-17/h1-2,6,10,16-17,19H,3-5,7-9,11-14H2. The molecule has 2 aliphatic rings. The van der Waals surface area contributed by atoms with Crippen LogP contribution in [0.4, 0.5) is 0 Å². The molecule has 1 saturated heterocycles. The number of benzene rings is 1. The summed E-state index contributed by atoms with van der Waals surface area (Å²) in [6, 6.07) is 9.61. The smallest absolute Gasteiger partial charge is 0.0534 e. The highest BCUT2D eigenvalue weighted by atomic mass is 16.5. The van der Waals surface area contributed by atoms with Crippen molar-refractivity contribution in [3.8, 4) is 0 Å². The SMILES string of the molecule is c1ccc2c(c1)CCCC2COCCC1CCCCN1. The van der Waals surface area contributed by atoms with E-state index in [-0.39, 0.29) is 0 Å². The summed E-state index contributed by atoms with van der Waals surface area (Å²) in [7, 11) is 0. The van der Waals surface area contributed by atoms with Gasteiger partial charge in [-0.3, -0.25) is 0 Å². The average Bonchev–Trinajstić information content (AvgIpc) is 2.53. The van der Waals surface area contributed by atoms with Crippen LogP contribution in [0, 0.1) is 0 Å². The third kappa shape index (κ3) is 3.62. The Bertz CT molecular complexity index is 412. The van der Waals surface area contributed by atoms with Crippen molar-refractivity contribution in [1.29, 1.82) is 0 Å². The Morgan fingerprint density at radius 1 is 1.10 bits per heavy atom. The van der Waals surface area contributed by atoms with Crippen molar-refractivity contribution in [3.63, 3.8) is 0 Å². The van der Waals surface area contributed by atoms with Gasteiger partial charge in [-0.1, -0.05) is 30.7 Å². The molecule has 110 valence electrons. The predicted molar refractivity (Wildman–Crippen MR) is 83.2 cm³/mol. The van der Waals surface area contributed by atoms with E-state index in [0.717, 1.165) is 13.2 Å². The van der Waals surface area contributed by atoms with Crippen LogP contribution in [0.5, 0.6) is 0 Å². The van der Waals surface area contributed by atoms with Crippen molar-refractivity contribution < 1.29 is 4.74 Å². The molecule has 1 aromatic carbocycles. The van der Waals surface area contributed by atoms with Gasteiger partial charge in [0.05, 0.1) is 6.61 Å². The first-order valence-corrected chi connectivity index (χ1v) is 8.32. The van der Waals surface area contributed by atoms with Crippen molar-refractivity contribution in [2.75, 3.05) is 19.8 Å². The Morgan fingerprint density at radius 3 is 2.95 bits per heavy atom. The normalized spacial score (nSPS) is 26.2. The molecule has 0 bridgehead atoms. The predicted octanol–water partition coefficient (Wildman–Crippen LogP) is 3.66. The summed E-state index contributed by atoms with van der Waals surface area (Å²) in [5, 5.41) is 3.59.